The summed E-state index contributed by atoms with van der Waals surface area (Å²) in [6.45, 7) is 1.89. The molecule has 2 bridgehead atoms. The number of nitrogens with one attached hydrogen (secondary N) is 1. The number of nitriles is 1. The molecule has 2 aliphatic rings. The molecule has 2 aliphatic heterocycles. The van der Waals surface area contributed by atoms with Crippen molar-refractivity contribution in [1.29, 1.82) is 5.26 Å². The fourth-order valence-corrected chi connectivity index (χ4v) is 5.98. The van der Waals surface area contributed by atoms with Crippen molar-refractivity contribution in [1.82, 2.24) is 9.29 Å². The maximum absolute atomic E-state index is 13.5. The van der Waals surface area contributed by atoms with Crippen LogP contribution < -0.4 is 0 Å². The minimum atomic E-state index is -3.88. The molecule has 0 radical (unpaired) electrons. The summed E-state index contributed by atoms with van der Waals surface area (Å²) in [6.07, 6.45) is 3.39. The van der Waals surface area contributed by atoms with E-state index >= 15 is 0 Å². The van der Waals surface area contributed by atoms with E-state index in [-0.39, 0.29) is 17.1 Å². The Labute approximate surface area is 168 Å². The van der Waals surface area contributed by atoms with Gasteiger partial charge in [-0.15, -0.1) is 0 Å². The smallest absolute Gasteiger partial charge is 0.244 e. The Morgan fingerprint density at radius 2 is 1.93 bits per heavy atom. The van der Waals surface area contributed by atoms with Gasteiger partial charge in [-0.05, 0) is 55.3 Å². The Morgan fingerprint density at radius 1 is 1.17 bits per heavy atom. The molecule has 0 saturated heterocycles. The Morgan fingerprint density at radius 3 is 2.66 bits per heavy atom. The van der Waals surface area contributed by atoms with Crippen LogP contribution in [-0.4, -0.2) is 29.5 Å². The zero-order chi connectivity index (χ0) is 20.3. The van der Waals surface area contributed by atoms with Crippen LogP contribution in [0.15, 0.2) is 59.5 Å². The highest BCUT2D eigenvalue weighted by molar-refractivity contribution is 7.89. The molecule has 0 fully saturated rings. The molecule has 2 atom stereocenters. The van der Waals surface area contributed by atoms with Crippen molar-refractivity contribution in [2.24, 2.45) is 0 Å². The summed E-state index contributed by atoms with van der Waals surface area (Å²) in [7, 11) is -3.88. The lowest BCUT2D eigenvalue weighted by atomic mass is 9.88. The minimum absolute atomic E-state index is 0.174. The van der Waals surface area contributed by atoms with Crippen LogP contribution in [0.5, 0.6) is 0 Å². The van der Waals surface area contributed by atoms with Crippen LogP contribution in [0.25, 0.3) is 10.9 Å². The first-order valence-electron chi connectivity index (χ1n) is 9.27. The predicted octanol–water partition coefficient (Wildman–Crippen LogP) is 3.14. The summed E-state index contributed by atoms with van der Waals surface area (Å²) in [6, 6.07) is 12.7. The number of ketones is 1. The number of hydrogen-bond donors (Lipinski definition) is 1. The first kappa shape index (κ1) is 17.9. The number of carbonyl (C=O) groups is 1. The van der Waals surface area contributed by atoms with Crippen molar-refractivity contribution in [3.8, 4) is 6.07 Å². The van der Waals surface area contributed by atoms with Gasteiger partial charge in [0.1, 0.15) is 0 Å². The summed E-state index contributed by atoms with van der Waals surface area (Å²) in [5.74, 6) is -0.228. The van der Waals surface area contributed by atoms with E-state index in [4.69, 9.17) is 0 Å². The average Bonchev–Trinajstić information content (AvgIpc) is 3.08. The lowest BCUT2D eigenvalue weighted by Gasteiger charge is -2.40. The summed E-state index contributed by atoms with van der Waals surface area (Å²) in [5, 5.41) is 10.1. The Kier molecular flexibility index (Phi) is 3.78. The highest BCUT2D eigenvalue weighted by Gasteiger charge is 2.47. The number of carbonyl (C=O) groups excluding carboxylic acids is 1. The fraction of sp³-hybridized carbons (Fsp3) is 0.182. The van der Waals surface area contributed by atoms with E-state index in [9.17, 15) is 18.5 Å². The van der Waals surface area contributed by atoms with Crippen LogP contribution in [0, 0.1) is 18.3 Å². The van der Waals surface area contributed by atoms with E-state index in [1.165, 1.54) is 10.4 Å². The number of nitrogens with zero attached hydrogens (tertiary/aromatic N) is 2. The molecule has 1 aromatic heterocycles. The van der Waals surface area contributed by atoms with Gasteiger partial charge in [-0.25, -0.2) is 8.42 Å². The van der Waals surface area contributed by atoms with E-state index in [0.717, 1.165) is 27.7 Å². The highest BCUT2D eigenvalue weighted by atomic mass is 32.2. The third kappa shape index (κ3) is 2.57. The van der Waals surface area contributed by atoms with Gasteiger partial charge in [0.25, 0.3) is 0 Å². The zero-order valence-corrected chi connectivity index (χ0v) is 16.4. The summed E-state index contributed by atoms with van der Waals surface area (Å²) >= 11 is 0. The summed E-state index contributed by atoms with van der Waals surface area (Å²) in [5.41, 5.74) is 3.98. The molecule has 0 saturated carbocycles. The number of sulfonamides is 1. The molecule has 144 valence electrons. The molecule has 1 N–H and O–H groups in total. The average molecular weight is 403 g/mol. The normalized spacial score (nSPS) is 21.2. The van der Waals surface area contributed by atoms with Gasteiger partial charge in [-0.2, -0.15) is 9.57 Å². The molecule has 2 unspecified atom stereocenters. The second-order valence-corrected chi connectivity index (χ2v) is 9.31. The molecule has 3 aromatic rings. The minimum Gasteiger partial charge on any atom is -0.357 e. The van der Waals surface area contributed by atoms with Gasteiger partial charge in [0.15, 0.2) is 5.78 Å². The number of aryl methyl sites for hydroxylation is 1. The predicted molar refractivity (Wildman–Crippen MR) is 108 cm³/mol. The summed E-state index contributed by atoms with van der Waals surface area (Å²) in [4.78, 5) is 16.2. The van der Waals surface area contributed by atoms with Crippen LogP contribution in [-0.2, 0) is 21.2 Å². The molecular weight excluding hydrogens is 386 g/mol. The lowest BCUT2D eigenvalue weighted by molar-refractivity contribution is -0.119. The van der Waals surface area contributed by atoms with Crippen LogP contribution in [0.2, 0.25) is 0 Å². The van der Waals surface area contributed by atoms with E-state index < -0.39 is 22.1 Å². The van der Waals surface area contributed by atoms with Crippen LogP contribution in [0.3, 0.4) is 0 Å². The van der Waals surface area contributed by atoms with Crippen molar-refractivity contribution in [3.63, 3.8) is 0 Å². The molecular formula is C22H17N3O3S. The van der Waals surface area contributed by atoms with Crippen LogP contribution >= 0.6 is 0 Å². The maximum atomic E-state index is 13.5. The van der Waals surface area contributed by atoms with Gasteiger partial charge in [0.2, 0.25) is 10.0 Å². The Balaban J connectivity index is 1.70. The van der Waals surface area contributed by atoms with Gasteiger partial charge in [-0.3, -0.25) is 4.79 Å². The largest absolute Gasteiger partial charge is 0.357 e. The van der Waals surface area contributed by atoms with E-state index in [1.54, 1.807) is 42.5 Å². The molecule has 3 heterocycles. The topological polar surface area (TPSA) is 94.0 Å². The van der Waals surface area contributed by atoms with Gasteiger partial charge in [0.05, 0.1) is 28.6 Å². The molecule has 5 rings (SSSR count). The van der Waals surface area contributed by atoms with Gasteiger partial charge in [0, 0.05) is 16.6 Å². The summed E-state index contributed by atoms with van der Waals surface area (Å²) < 4.78 is 28.3. The van der Waals surface area contributed by atoms with Crippen molar-refractivity contribution in [2.75, 3.05) is 0 Å². The van der Waals surface area contributed by atoms with E-state index in [0.29, 0.717) is 5.56 Å². The quantitative estimate of drug-likeness (QED) is 0.711. The second kappa shape index (κ2) is 6.14. The maximum Gasteiger partial charge on any atom is 0.244 e. The lowest BCUT2D eigenvalue weighted by Crippen LogP contribution is -2.52. The number of aromatic nitrogens is 1. The fourth-order valence-electron chi connectivity index (χ4n) is 4.27. The van der Waals surface area contributed by atoms with Crippen LogP contribution in [0.1, 0.15) is 28.4 Å². The molecule has 29 heavy (non-hydrogen) atoms. The molecule has 6 nitrogen and oxygen atoms in total. The number of H-pyrrole nitrogens is 1. The van der Waals surface area contributed by atoms with Crippen molar-refractivity contribution < 1.29 is 13.2 Å². The Hall–Kier alpha value is -3.21. The van der Waals surface area contributed by atoms with Gasteiger partial charge >= 0.3 is 0 Å². The van der Waals surface area contributed by atoms with E-state index in [1.807, 2.05) is 13.0 Å². The zero-order valence-electron chi connectivity index (χ0n) is 15.6. The number of aromatic amines is 1. The van der Waals surface area contributed by atoms with Crippen molar-refractivity contribution in [3.05, 3.63) is 77.0 Å². The standard InChI is InChI=1S/C22H17N3O3S/c1-13-2-5-15(6-3-13)29(27,28)25-19-8-9-21(26)20(25)11-17-16-10-14(12-23)4-7-18(16)24-22(17)19/h2-10,19-20,24H,11H2,1H3. The first-order chi connectivity index (χ1) is 13.9. The van der Waals surface area contributed by atoms with Gasteiger partial charge < -0.3 is 4.98 Å². The first-order valence-corrected chi connectivity index (χ1v) is 10.7. The van der Waals surface area contributed by atoms with Crippen LogP contribution in [0.4, 0.5) is 0 Å². The Bertz CT molecular complexity index is 1340. The molecule has 0 amide bonds. The molecule has 0 aliphatic carbocycles. The van der Waals surface area contributed by atoms with E-state index in [2.05, 4.69) is 11.1 Å². The number of rotatable bonds is 2. The SMILES string of the molecule is Cc1ccc(S(=O)(=O)N2C3Cc4c([nH]c5ccc(C#N)cc45)C2C=CC3=O)cc1. The highest BCUT2D eigenvalue weighted by Crippen LogP contribution is 2.43. The molecule has 2 aromatic carbocycles. The second-order valence-electron chi connectivity index (χ2n) is 7.46. The molecule has 0 spiro atoms. The number of fused-ring (bicyclic) bond motifs is 6. The number of benzene rings is 2. The molecule has 7 heteroatoms. The third-order valence-corrected chi connectivity index (χ3v) is 7.61. The monoisotopic (exact) mass is 403 g/mol. The van der Waals surface area contributed by atoms with Gasteiger partial charge in [-0.1, -0.05) is 23.8 Å². The number of hydrogen-bond acceptors (Lipinski definition) is 4. The van der Waals surface area contributed by atoms with Crippen molar-refractivity contribution in [2.45, 2.75) is 30.3 Å². The van der Waals surface area contributed by atoms with Crippen molar-refractivity contribution >= 4 is 26.7 Å². The third-order valence-electron chi connectivity index (χ3n) is 5.71.